The molecule has 0 aromatic heterocycles. The van der Waals surface area contributed by atoms with Gasteiger partial charge in [-0.15, -0.1) is 0 Å². The van der Waals surface area contributed by atoms with Crippen molar-refractivity contribution in [1.29, 1.82) is 0 Å². The van der Waals surface area contributed by atoms with E-state index in [1.165, 1.54) is 12.8 Å². The number of likely N-dealkylation sites (tertiary alicyclic amines) is 1. The predicted molar refractivity (Wildman–Crippen MR) is 106 cm³/mol. The molecule has 1 fully saturated rings. The van der Waals surface area contributed by atoms with Crippen LogP contribution in [0, 0.1) is 17.7 Å². The molecule has 0 aliphatic carbocycles. The molecular formula is C19H29BN4O2. The third-order valence-electron chi connectivity index (χ3n) is 5.50. The lowest BCUT2D eigenvalue weighted by Gasteiger charge is -2.33. The standard InChI is InChI=1S/C19H29BN4O2/c1-14-4-3-5-17-13-18(20(23-25)26-19(14)17)22-15(2)12-16-6-9-24(10-7-16)11-8-21/h3-5,16,18,22H,2,6-13,21H2,1H3. The van der Waals surface area contributed by atoms with E-state index in [1.807, 2.05) is 25.1 Å². The number of nitrogens with one attached hydrogen (secondary N) is 1. The van der Waals surface area contributed by atoms with Crippen LogP contribution in [-0.2, 0) is 6.42 Å². The molecule has 140 valence electrons. The first-order chi connectivity index (χ1) is 12.6. The monoisotopic (exact) mass is 356 g/mol. The summed E-state index contributed by atoms with van der Waals surface area (Å²) in [5, 5.41) is 6.62. The number of para-hydroxylation sites is 1. The van der Waals surface area contributed by atoms with Gasteiger partial charge in [-0.05, 0) is 62.7 Å². The Hall–Kier alpha value is -1.86. The van der Waals surface area contributed by atoms with E-state index in [0.29, 0.717) is 5.92 Å². The lowest BCUT2D eigenvalue weighted by Crippen LogP contribution is -2.49. The van der Waals surface area contributed by atoms with Crippen LogP contribution >= 0.6 is 0 Å². The highest BCUT2D eigenvalue weighted by Gasteiger charge is 2.38. The molecule has 2 aliphatic rings. The van der Waals surface area contributed by atoms with Gasteiger partial charge in [-0.25, -0.2) is 0 Å². The van der Waals surface area contributed by atoms with E-state index in [1.54, 1.807) is 0 Å². The summed E-state index contributed by atoms with van der Waals surface area (Å²) in [6, 6.07) is 6.06. The quantitative estimate of drug-likeness (QED) is 0.579. The maximum Gasteiger partial charge on any atom is 0.570 e. The van der Waals surface area contributed by atoms with Crippen LogP contribution in [0.1, 0.15) is 30.4 Å². The molecule has 6 nitrogen and oxygen atoms in total. The van der Waals surface area contributed by atoms with Gasteiger partial charge in [0.1, 0.15) is 5.75 Å². The van der Waals surface area contributed by atoms with Crippen molar-refractivity contribution in [2.45, 2.75) is 38.5 Å². The van der Waals surface area contributed by atoms with Crippen LogP contribution in [-0.4, -0.2) is 44.1 Å². The number of nitrogens with zero attached hydrogens (tertiary/aromatic N) is 2. The second-order valence-corrected chi connectivity index (χ2v) is 7.51. The highest BCUT2D eigenvalue weighted by atomic mass is 16.5. The Kier molecular flexibility index (Phi) is 6.32. The summed E-state index contributed by atoms with van der Waals surface area (Å²) in [6.45, 7) is 10.1. The van der Waals surface area contributed by atoms with E-state index >= 15 is 0 Å². The van der Waals surface area contributed by atoms with Crippen molar-refractivity contribution in [2.24, 2.45) is 16.7 Å². The number of fused-ring (bicyclic) bond motifs is 1. The van der Waals surface area contributed by atoms with Gasteiger partial charge < -0.3 is 20.6 Å². The van der Waals surface area contributed by atoms with Crippen LogP contribution in [0.15, 0.2) is 35.6 Å². The molecule has 0 saturated carbocycles. The van der Waals surface area contributed by atoms with Crippen molar-refractivity contribution >= 4 is 7.05 Å². The molecule has 7 heteroatoms. The average Bonchev–Trinajstić information content (AvgIpc) is 2.63. The van der Waals surface area contributed by atoms with Crippen LogP contribution < -0.4 is 15.7 Å². The normalized spacial score (nSPS) is 21.0. The number of aryl methyl sites for hydroxylation is 1. The maximum absolute atomic E-state index is 11.3. The Bertz CT molecular complexity index is 646. The van der Waals surface area contributed by atoms with Crippen molar-refractivity contribution in [2.75, 3.05) is 26.2 Å². The molecule has 2 aliphatic heterocycles. The fraction of sp³-hybridized carbons (Fsp3) is 0.579. The Labute approximate surface area is 156 Å². The Balaban J connectivity index is 1.54. The largest absolute Gasteiger partial charge is 0.570 e. The van der Waals surface area contributed by atoms with Gasteiger partial charge in [-0.3, -0.25) is 0 Å². The number of nitroso groups, excluding NO2 is 1. The lowest BCUT2D eigenvalue weighted by atomic mass is 9.68. The van der Waals surface area contributed by atoms with E-state index in [0.717, 1.165) is 61.6 Å². The summed E-state index contributed by atoms with van der Waals surface area (Å²) in [5.74, 6) is 1.27. The van der Waals surface area contributed by atoms with Gasteiger partial charge in [0.25, 0.3) is 0 Å². The molecule has 0 radical (unpaired) electrons. The molecule has 0 spiro atoms. The zero-order valence-electron chi connectivity index (χ0n) is 15.6. The van der Waals surface area contributed by atoms with Crippen LogP contribution in [0.4, 0.5) is 0 Å². The van der Waals surface area contributed by atoms with Crippen LogP contribution in [0.5, 0.6) is 5.75 Å². The van der Waals surface area contributed by atoms with Gasteiger partial charge >= 0.3 is 7.05 Å². The van der Waals surface area contributed by atoms with Crippen molar-refractivity contribution < 1.29 is 4.65 Å². The lowest BCUT2D eigenvalue weighted by molar-refractivity contribution is 0.187. The van der Waals surface area contributed by atoms with E-state index < -0.39 is 7.05 Å². The molecular weight excluding hydrogens is 327 g/mol. The molecule has 0 amide bonds. The molecule has 1 unspecified atom stereocenters. The third kappa shape index (κ3) is 4.45. The summed E-state index contributed by atoms with van der Waals surface area (Å²) in [5.41, 5.74) is 8.76. The van der Waals surface area contributed by atoms with Gasteiger partial charge in [0.05, 0.1) is 5.94 Å². The smallest absolute Gasteiger partial charge is 0.537 e. The Morgan fingerprint density at radius 3 is 2.92 bits per heavy atom. The topological polar surface area (TPSA) is 79.9 Å². The average molecular weight is 356 g/mol. The molecule has 1 saturated heterocycles. The number of allylic oxidation sites excluding steroid dienone is 1. The van der Waals surface area contributed by atoms with Crippen molar-refractivity contribution in [1.82, 2.24) is 10.2 Å². The van der Waals surface area contributed by atoms with Crippen LogP contribution in [0.2, 0.25) is 0 Å². The second-order valence-electron chi connectivity index (χ2n) is 7.51. The number of hydrogen-bond donors (Lipinski definition) is 2. The molecule has 1 atom stereocenters. The zero-order valence-corrected chi connectivity index (χ0v) is 15.6. The van der Waals surface area contributed by atoms with Gasteiger partial charge in [-0.2, -0.15) is 4.91 Å². The van der Waals surface area contributed by atoms with E-state index in [2.05, 4.69) is 21.9 Å². The molecule has 0 bridgehead atoms. The highest BCUT2D eigenvalue weighted by Crippen LogP contribution is 2.31. The number of nitrogens with two attached hydrogens (primary N) is 1. The minimum Gasteiger partial charge on any atom is -0.537 e. The van der Waals surface area contributed by atoms with Crippen LogP contribution in [0.25, 0.3) is 0 Å². The fourth-order valence-corrected chi connectivity index (χ4v) is 4.07. The first-order valence-electron chi connectivity index (χ1n) is 9.55. The minimum absolute atomic E-state index is 0.161. The van der Waals surface area contributed by atoms with Crippen molar-refractivity contribution in [3.05, 3.63) is 46.5 Å². The number of benzene rings is 1. The van der Waals surface area contributed by atoms with Crippen molar-refractivity contribution in [3.8, 4) is 5.75 Å². The maximum atomic E-state index is 11.3. The summed E-state index contributed by atoms with van der Waals surface area (Å²) in [6.07, 6.45) is 3.99. The molecule has 2 heterocycles. The molecule has 1 aromatic carbocycles. The third-order valence-corrected chi connectivity index (χ3v) is 5.50. The van der Waals surface area contributed by atoms with Gasteiger partial charge in [0, 0.05) is 18.8 Å². The van der Waals surface area contributed by atoms with Crippen LogP contribution in [0.3, 0.4) is 0 Å². The van der Waals surface area contributed by atoms with E-state index in [9.17, 15) is 4.91 Å². The first kappa shape index (κ1) is 18.9. The van der Waals surface area contributed by atoms with Gasteiger partial charge in [-0.1, -0.05) is 29.9 Å². The molecule has 26 heavy (non-hydrogen) atoms. The Morgan fingerprint density at radius 1 is 1.46 bits per heavy atom. The highest BCUT2D eigenvalue weighted by molar-refractivity contribution is 6.53. The van der Waals surface area contributed by atoms with E-state index in [4.69, 9.17) is 10.4 Å². The van der Waals surface area contributed by atoms with Crippen molar-refractivity contribution in [3.63, 3.8) is 0 Å². The summed E-state index contributed by atoms with van der Waals surface area (Å²) in [4.78, 5) is 13.7. The zero-order chi connectivity index (χ0) is 18.5. The summed E-state index contributed by atoms with van der Waals surface area (Å²) >= 11 is 0. The number of hydrogen-bond acceptors (Lipinski definition) is 6. The fourth-order valence-electron chi connectivity index (χ4n) is 4.07. The SMILES string of the molecule is C=C(CC1CCN(CCN)CC1)NC1Cc2cccc(C)c2OB1N=O. The first-order valence-corrected chi connectivity index (χ1v) is 9.55. The van der Waals surface area contributed by atoms with Gasteiger partial charge in [0.15, 0.2) is 0 Å². The number of piperidine rings is 1. The van der Waals surface area contributed by atoms with E-state index in [-0.39, 0.29) is 5.94 Å². The number of rotatable bonds is 7. The van der Waals surface area contributed by atoms with Gasteiger partial charge in [0.2, 0.25) is 0 Å². The molecule has 3 N–H and O–H groups in total. The molecule has 3 rings (SSSR count). The predicted octanol–water partition coefficient (Wildman–Crippen LogP) is 2.26. The second kappa shape index (κ2) is 8.69. The molecule has 1 aromatic rings. The summed E-state index contributed by atoms with van der Waals surface area (Å²) < 4.78 is 5.86. The minimum atomic E-state index is -0.716. The Morgan fingerprint density at radius 2 is 2.23 bits per heavy atom. The summed E-state index contributed by atoms with van der Waals surface area (Å²) in [7, 11) is -0.716.